The third-order valence-corrected chi connectivity index (χ3v) is 9.38. The molecule has 3 aliphatic rings. The summed E-state index contributed by atoms with van der Waals surface area (Å²) in [6.45, 7) is 12.3. The van der Waals surface area contributed by atoms with E-state index in [2.05, 4.69) is 13.2 Å². The molecule has 0 aliphatic carbocycles. The predicted octanol–water partition coefficient (Wildman–Crippen LogP) is 4.99. The number of carbonyl (C=O) groups is 3. The Bertz CT molecular complexity index is 1150. The first-order valence-corrected chi connectivity index (χ1v) is 15.2. The molecule has 3 heterocycles. The Kier molecular flexibility index (Phi) is 9.98. The second kappa shape index (κ2) is 13.1. The van der Waals surface area contributed by atoms with E-state index in [0.717, 1.165) is 18.4 Å². The van der Waals surface area contributed by atoms with Gasteiger partial charge in [0.2, 0.25) is 5.91 Å². The number of aryl methyl sites for hydroxylation is 1. The summed E-state index contributed by atoms with van der Waals surface area (Å²) in [5.41, 5.74) is -0.605. The van der Waals surface area contributed by atoms with Gasteiger partial charge in [-0.2, -0.15) is 0 Å². The SMILES string of the molecule is C=CCCOC(=O)[C@@H]1[C@H]2C(=O)N(CCCCCCO)C(C(=O)N(CC=C)c3c(C)cccc3Cl)C23CC[C@@]1(CC)O3. The van der Waals surface area contributed by atoms with Gasteiger partial charge in [0, 0.05) is 19.7 Å². The molecule has 3 saturated heterocycles. The monoisotopic (exact) mass is 586 g/mol. The van der Waals surface area contributed by atoms with Gasteiger partial charge in [-0.1, -0.05) is 55.7 Å². The van der Waals surface area contributed by atoms with Crippen LogP contribution >= 0.6 is 11.6 Å². The van der Waals surface area contributed by atoms with Crippen LogP contribution in [0.4, 0.5) is 5.69 Å². The molecule has 1 N–H and O–H groups in total. The number of likely N-dealkylation sites (tertiary alicyclic amines) is 1. The second-order valence-corrected chi connectivity index (χ2v) is 11.8. The number of hydrogen-bond acceptors (Lipinski definition) is 6. The number of nitrogens with zero attached hydrogens (tertiary/aromatic N) is 2. The van der Waals surface area contributed by atoms with Crippen molar-refractivity contribution in [1.29, 1.82) is 0 Å². The van der Waals surface area contributed by atoms with E-state index in [1.54, 1.807) is 28.0 Å². The highest BCUT2D eigenvalue weighted by Gasteiger charge is 2.79. The molecule has 1 aromatic rings. The average Bonchev–Trinajstić information content (AvgIpc) is 3.55. The number of halogens is 1. The number of ether oxygens (including phenoxy) is 2. The maximum atomic E-state index is 14.7. The Balaban J connectivity index is 1.77. The number of para-hydroxylation sites is 1. The highest BCUT2D eigenvalue weighted by molar-refractivity contribution is 6.34. The Hall–Kier alpha value is -2.68. The average molecular weight is 587 g/mol. The molecule has 3 aliphatic heterocycles. The number of anilines is 1. The lowest BCUT2D eigenvalue weighted by Crippen LogP contribution is -2.56. The molecule has 5 atom stereocenters. The zero-order valence-electron chi connectivity index (χ0n) is 24.3. The van der Waals surface area contributed by atoms with Crippen molar-refractivity contribution >= 4 is 35.1 Å². The maximum absolute atomic E-state index is 14.7. The van der Waals surface area contributed by atoms with Crippen molar-refractivity contribution in [3.8, 4) is 0 Å². The molecule has 1 spiro atoms. The Morgan fingerprint density at radius 1 is 1.22 bits per heavy atom. The van der Waals surface area contributed by atoms with Crippen LogP contribution in [0.3, 0.4) is 0 Å². The fraction of sp³-hybridized carbons (Fsp3) is 0.594. The fourth-order valence-corrected chi connectivity index (χ4v) is 7.53. The van der Waals surface area contributed by atoms with Gasteiger partial charge in [0.25, 0.3) is 5.91 Å². The van der Waals surface area contributed by atoms with Crippen molar-refractivity contribution in [2.45, 2.75) is 82.5 Å². The standard InChI is InChI=1S/C32H43ClN2O6/c1-5-8-21-40-30(39)25-24-28(37)35(19-11-9-10-12-20-36)27(32(24)17-16-31(25,7-3)41-32)29(38)34(18-6-2)26-22(4)14-13-15-23(26)33/h5-6,13-15,24-25,27,36H,1-2,7-12,16-21H2,3-4H3/t24-,25-,27?,31+,32?/m0/s1. The van der Waals surface area contributed by atoms with Crippen LogP contribution in [0.1, 0.15) is 63.9 Å². The number of unbranched alkanes of at least 4 members (excludes halogenated alkanes) is 3. The molecular weight excluding hydrogens is 544 g/mol. The normalized spacial score (nSPS) is 28.0. The first kappa shape index (κ1) is 31.3. The van der Waals surface area contributed by atoms with Crippen molar-refractivity contribution in [2.75, 3.05) is 31.2 Å². The predicted molar refractivity (Wildman–Crippen MR) is 159 cm³/mol. The number of aliphatic hydroxyl groups excluding tert-OH is 1. The number of carbonyl (C=O) groups excluding carboxylic acids is 3. The fourth-order valence-electron chi connectivity index (χ4n) is 7.21. The van der Waals surface area contributed by atoms with Crippen molar-refractivity contribution in [3.05, 3.63) is 54.1 Å². The molecule has 41 heavy (non-hydrogen) atoms. The molecule has 0 aromatic heterocycles. The minimum Gasteiger partial charge on any atom is -0.465 e. The molecule has 9 heteroatoms. The van der Waals surface area contributed by atoms with Gasteiger partial charge < -0.3 is 24.4 Å². The van der Waals surface area contributed by atoms with E-state index in [1.807, 2.05) is 26.0 Å². The molecule has 2 bridgehead atoms. The zero-order chi connectivity index (χ0) is 29.8. The van der Waals surface area contributed by atoms with Gasteiger partial charge >= 0.3 is 5.97 Å². The topological polar surface area (TPSA) is 96.4 Å². The summed E-state index contributed by atoms with van der Waals surface area (Å²) in [5, 5.41) is 9.61. The van der Waals surface area contributed by atoms with Crippen LogP contribution in [0.25, 0.3) is 0 Å². The molecule has 3 fully saturated rings. The van der Waals surface area contributed by atoms with Crippen LogP contribution in [-0.4, -0.2) is 71.3 Å². The van der Waals surface area contributed by atoms with Crippen LogP contribution < -0.4 is 4.90 Å². The van der Waals surface area contributed by atoms with Gasteiger partial charge in [0.1, 0.15) is 17.6 Å². The van der Waals surface area contributed by atoms with Gasteiger partial charge in [-0.25, -0.2) is 0 Å². The number of rotatable bonds is 15. The van der Waals surface area contributed by atoms with Crippen molar-refractivity contribution < 1.29 is 29.0 Å². The van der Waals surface area contributed by atoms with Crippen molar-refractivity contribution in [3.63, 3.8) is 0 Å². The van der Waals surface area contributed by atoms with Gasteiger partial charge in [-0.3, -0.25) is 14.4 Å². The van der Waals surface area contributed by atoms with E-state index in [0.29, 0.717) is 55.8 Å². The van der Waals surface area contributed by atoms with E-state index >= 15 is 0 Å². The molecule has 2 amide bonds. The molecule has 0 radical (unpaired) electrons. The highest BCUT2D eigenvalue weighted by Crippen LogP contribution is 2.64. The van der Waals surface area contributed by atoms with Crippen molar-refractivity contribution in [1.82, 2.24) is 4.90 Å². The number of hydrogen-bond donors (Lipinski definition) is 1. The molecule has 4 rings (SSSR count). The molecule has 0 saturated carbocycles. The summed E-state index contributed by atoms with van der Waals surface area (Å²) in [6, 6.07) is 4.54. The molecule has 224 valence electrons. The van der Waals surface area contributed by atoms with Crippen molar-refractivity contribution in [2.24, 2.45) is 11.8 Å². The molecule has 2 unspecified atom stereocenters. The van der Waals surface area contributed by atoms with Gasteiger partial charge in [-0.15, -0.1) is 13.2 Å². The van der Waals surface area contributed by atoms with E-state index in [4.69, 9.17) is 21.1 Å². The van der Waals surface area contributed by atoms with E-state index < -0.39 is 35.0 Å². The molecule has 1 aromatic carbocycles. The summed E-state index contributed by atoms with van der Waals surface area (Å²) in [6.07, 6.45) is 8.40. The summed E-state index contributed by atoms with van der Waals surface area (Å²) < 4.78 is 12.5. The molecular formula is C32H43ClN2O6. The van der Waals surface area contributed by atoms with E-state index in [9.17, 15) is 19.5 Å². The summed E-state index contributed by atoms with van der Waals surface area (Å²) >= 11 is 6.64. The van der Waals surface area contributed by atoms with Crippen LogP contribution in [0, 0.1) is 18.8 Å². The maximum Gasteiger partial charge on any atom is 0.312 e. The lowest BCUT2D eigenvalue weighted by atomic mass is 9.65. The number of benzene rings is 1. The minimum atomic E-state index is -1.15. The third kappa shape index (κ3) is 5.46. The van der Waals surface area contributed by atoms with Gasteiger partial charge in [0.15, 0.2) is 0 Å². The summed E-state index contributed by atoms with van der Waals surface area (Å²) in [5.74, 6) is -2.57. The largest absolute Gasteiger partial charge is 0.465 e. The highest BCUT2D eigenvalue weighted by atomic mass is 35.5. The quantitative estimate of drug-likeness (QED) is 0.177. The summed E-state index contributed by atoms with van der Waals surface area (Å²) in [4.78, 5) is 45.9. The smallest absolute Gasteiger partial charge is 0.312 e. The Morgan fingerprint density at radius 3 is 2.63 bits per heavy atom. The Morgan fingerprint density at radius 2 is 1.98 bits per heavy atom. The lowest BCUT2D eigenvalue weighted by molar-refractivity contribution is -0.160. The van der Waals surface area contributed by atoms with Crippen LogP contribution in [0.15, 0.2) is 43.5 Å². The lowest BCUT2D eigenvalue weighted by Gasteiger charge is -2.37. The number of esters is 1. The number of amides is 2. The second-order valence-electron chi connectivity index (χ2n) is 11.4. The third-order valence-electron chi connectivity index (χ3n) is 9.08. The van der Waals surface area contributed by atoms with Crippen LogP contribution in [-0.2, 0) is 23.9 Å². The first-order valence-electron chi connectivity index (χ1n) is 14.8. The number of fused-ring (bicyclic) bond motifs is 1. The van der Waals surface area contributed by atoms with Gasteiger partial charge in [-0.05, 0) is 57.1 Å². The van der Waals surface area contributed by atoms with E-state index in [1.165, 1.54) is 0 Å². The van der Waals surface area contributed by atoms with Crippen LogP contribution in [0.5, 0.6) is 0 Å². The zero-order valence-corrected chi connectivity index (χ0v) is 25.0. The first-order chi connectivity index (χ1) is 19.7. The van der Waals surface area contributed by atoms with Crippen LogP contribution in [0.2, 0.25) is 5.02 Å². The van der Waals surface area contributed by atoms with E-state index in [-0.39, 0.29) is 31.6 Å². The summed E-state index contributed by atoms with van der Waals surface area (Å²) in [7, 11) is 0. The number of aliphatic hydroxyl groups is 1. The minimum absolute atomic E-state index is 0.116. The molecule has 8 nitrogen and oxygen atoms in total. The van der Waals surface area contributed by atoms with Gasteiger partial charge in [0.05, 0.1) is 28.8 Å². The Labute approximate surface area is 248 Å².